The Morgan fingerprint density at radius 1 is 1.41 bits per heavy atom. The molecule has 0 aliphatic carbocycles. The van der Waals surface area contributed by atoms with Crippen molar-refractivity contribution in [3.8, 4) is 5.75 Å². The standard InChI is InChI=1S/C11H15NO4S/c1-16-9-6-7-12(8-9)17(14,15)11-5-3-2-4-10(11)13/h2-5,9,13H,6-8H2,1H3. The molecule has 5 nitrogen and oxygen atoms in total. The van der Waals surface area contributed by atoms with Gasteiger partial charge < -0.3 is 9.84 Å². The van der Waals surface area contributed by atoms with E-state index in [1.807, 2.05) is 0 Å². The lowest BCUT2D eigenvalue weighted by molar-refractivity contribution is 0.115. The molecule has 1 aliphatic heterocycles. The highest BCUT2D eigenvalue weighted by molar-refractivity contribution is 7.89. The molecule has 94 valence electrons. The van der Waals surface area contributed by atoms with Gasteiger partial charge in [-0.1, -0.05) is 12.1 Å². The van der Waals surface area contributed by atoms with Crippen molar-refractivity contribution in [1.29, 1.82) is 0 Å². The van der Waals surface area contributed by atoms with E-state index in [9.17, 15) is 13.5 Å². The molecule has 1 aliphatic rings. The number of benzene rings is 1. The number of methoxy groups -OCH3 is 1. The van der Waals surface area contributed by atoms with Gasteiger partial charge in [0.1, 0.15) is 10.6 Å². The zero-order chi connectivity index (χ0) is 12.5. The summed E-state index contributed by atoms with van der Waals surface area (Å²) in [5.74, 6) is -0.214. The molecule has 6 heteroatoms. The smallest absolute Gasteiger partial charge is 0.246 e. The number of aromatic hydroxyl groups is 1. The van der Waals surface area contributed by atoms with E-state index >= 15 is 0 Å². The van der Waals surface area contributed by atoms with Gasteiger partial charge in [-0.15, -0.1) is 0 Å². The van der Waals surface area contributed by atoms with Gasteiger partial charge in [0, 0.05) is 20.2 Å². The lowest BCUT2D eigenvalue weighted by Crippen LogP contribution is -2.30. The first kappa shape index (κ1) is 12.3. The van der Waals surface area contributed by atoms with E-state index in [2.05, 4.69) is 0 Å². The summed E-state index contributed by atoms with van der Waals surface area (Å²) in [5.41, 5.74) is 0. The van der Waals surface area contributed by atoms with Gasteiger partial charge in [-0.05, 0) is 18.6 Å². The van der Waals surface area contributed by atoms with Crippen molar-refractivity contribution < 1.29 is 18.3 Å². The summed E-state index contributed by atoms with van der Waals surface area (Å²) in [6.07, 6.45) is 0.624. The molecule has 1 aromatic carbocycles. The number of sulfonamides is 1. The van der Waals surface area contributed by atoms with Crippen LogP contribution in [-0.4, -0.2) is 44.1 Å². The van der Waals surface area contributed by atoms with Gasteiger partial charge in [0.15, 0.2) is 0 Å². The van der Waals surface area contributed by atoms with Crippen molar-refractivity contribution in [2.75, 3.05) is 20.2 Å². The summed E-state index contributed by atoms with van der Waals surface area (Å²) >= 11 is 0. The van der Waals surface area contributed by atoms with E-state index in [1.165, 1.54) is 16.4 Å². The number of hydrogen-bond acceptors (Lipinski definition) is 4. The van der Waals surface area contributed by atoms with Gasteiger partial charge in [0.2, 0.25) is 10.0 Å². The highest BCUT2D eigenvalue weighted by Crippen LogP contribution is 2.27. The predicted octanol–water partition coefficient (Wildman–Crippen LogP) is 0.802. The van der Waals surface area contributed by atoms with Crippen molar-refractivity contribution in [3.05, 3.63) is 24.3 Å². The summed E-state index contributed by atoms with van der Waals surface area (Å²) in [4.78, 5) is -0.0447. The number of para-hydroxylation sites is 1. The molecule has 0 bridgehead atoms. The largest absolute Gasteiger partial charge is 0.507 e. The molecular formula is C11H15NO4S. The first-order valence-electron chi connectivity index (χ1n) is 5.36. The zero-order valence-corrected chi connectivity index (χ0v) is 10.4. The first-order valence-corrected chi connectivity index (χ1v) is 6.80. The van der Waals surface area contributed by atoms with Crippen LogP contribution in [-0.2, 0) is 14.8 Å². The normalized spacial score (nSPS) is 21.8. The van der Waals surface area contributed by atoms with Crippen LogP contribution in [0.5, 0.6) is 5.75 Å². The average molecular weight is 257 g/mol. The molecule has 17 heavy (non-hydrogen) atoms. The minimum Gasteiger partial charge on any atom is -0.507 e. The van der Waals surface area contributed by atoms with Crippen molar-refractivity contribution in [1.82, 2.24) is 4.31 Å². The van der Waals surface area contributed by atoms with Crippen molar-refractivity contribution in [2.45, 2.75) is 17.4 Å². The molecule has 1 aromatic rings. The van der Waals surface area contributed by atoms with Crippen LogP contribution in [0, 0.1) is 0 Å². The lowest BCUT2D eigenvalue weighted by atomic mass is 10.3. The van der Waals surface area contributed by atoms with E-state index in [0.717, 1.165) is 0 Å². The predicted molar refractivity (Wildman–Crippen MR) is 62.3 cm³/mol. The number of rotatable bonds is 3. The summed E-state index contributed by atoms with van der Waals surface area (Å²) in [5, 5.41) is 9.59. The molecule has 0 amide bonds. The Labute approximate surface area is 101 Å². The van der Waals surface area contributed by atoms with Crippen LogP contribution >= 0.6 is 0 Å². The van der Waals surface area contributed by atoms with Gasteiger partial charge >= 0.3 is 0 Å². The molecule has 0 aromatic heterocycles. The van der Waals surface area contributed by atoms with Crippen LogP contribution in [0.2, 0.25) is 0 Å². The molecule has 0 spiro atoms. The Balaban J connectivity index is 2.29. The maximum Gasteiger partial charge on any atom is 0.246 e. The topological polar surface area (TPSA) is 66.8 Å². The Hall–Kier alpha value is -1.11. The van der Waals surface area contributed by atoms with E-state index in [0.29, 0.717) is 19.5 Å². The third-order valence-electron chi connectivity index (χ3n) is 2.92. The molecule has 0 saturated carbocycles. The second-order valence-electron chi connectivity index (χ2n) is 3.98. The summed E-state index contributed by atoms with van der Waals surface area (Å²) in [7, 11) is -2.04. The van der Waals surface area contributed by atoms with Crippen LogP contribution < -0.4 is 0 Å². The highest BCUT2D eigenvalue weighted by Gasteiger charge is 2.33. The molecule has 1 unspecified atom stereocenters. The molecule has 0 radical (unpaired) electrons. The summed E-state index contributed by atoms with van der Waals surface area (Å²) in [6.45, 7) is 0.766. The van der Waals surface area contributed by atoms with Gasteiger partial charge in [-0.3, -0.25) is 0 Å². The number of hydrogen-bond donors (Lipinski definition) is 1. The van der Waals surface area contributed by atoms with Crippen molar-refractivity contribution in [2.24, 2.45) is 0 Å². The lowest BCUT2D eigenvalue weighted by Gasteiger charge is -2.16. The van der Waals surface area contributed by atoms with Gasteiger partial charge in [0.25, 0.3) is 0 Å². The fraction of sp³-hybridized carbons (Fsp3) is 0.455. The third-order valence-corrected chi connectivity index (χ3v) is 4.84. The summed E-state index contributed by atoms with van der Waals surface area (Å²) < 4.78 is 30.9. The minimum atomic E-state index is -3.61. The fourth-order valence-corrected chi connectivity index (χ4v) is 3.49. The maximum absolute atomic E-state index is 12.2. The van der Waals surface area contributed by atoms with Gasteiger partial charge in [-0.25, -0.2) is 8.42 Å². The maximum atomic E-state index is 12.2. The Kier molecular flexibility index (Phi) is 3.37. The van der Waals surface area contributed by atoms with E-state index < -0.39 is 10.0 Å². The summed E-state index contributed by atoms with van der Waals surface area (Å²) in [6, 6.07) is 5.97. The minimum absolute atomic E-state index is 0.0447. The second kappa shape index (κ2) is 4.64. The zero-order valence-electron chi connectivity index (χ0n) is 9.54. The first-order chi connectivity index (χ1) is 8.05. The second-order valence-corrected chi connectivity index (χ2v) is 5.88. The van der Waals surface area contributed by atoms with E-state index in [-0.39, 0.29) is 16.7 Å². The number of nitrogens with zero attached hydrogens (tertiary/aromatic N) is 1. The van der Waals surface area contributed by atoms with E-state index in [1.54, 1.807) is 19.2 Å². The molecule has 1 saturated heterocycles. The average Bonchev–Trinajstić information content (AvgIpc) is 2.78. The highest BCUT2D eigenvalue weighted by atomic mass is 32.2. The molecule has 1 fully saturated rings. The Bertz CT molecular complexity index is 500. The molecule has 1 N–H and O–H groups in total. The Morgan fingerprint density at radius 3 is 2.71 bits per heavy atom. The van der Waals surface area contributed by atoms with Crippen LogP contribution in [0.15, 0.2) is 29.2 Å². The molecular weight excluding hydrogens is 242 g/mol. The number of phenolic OH excluding ortho intramolecular Hbond substituents is 1. The monoisotopic (exact) mass is 257 g/mol. The Morgan fingerprint density at radius 2 is 2.12 bits per heavy atom. The van der Waals surface area contributed by atoms with E-state index in [4.69, 9.17) is 4.74 Å². The van der Waals surface area contributed by atoms with Crippen molar-refractivity contribution >= 4 is 10.0 Å². The number of phenols is 1. The molecule has 1 heterocycles. The quantitative estimate of drug-likeness (QED) is 0.870. The van der Waals surface area contributed by atoms with Crippen LogP contribution in [0.25, 0.3) is 0 Å². The van der Waals surface area contributed by atoms with Crippen molar-refractivity contribution in [3.63, 3.8) is 0 Å². The fourth-order valence-electron chi connectivity index (χ4n) is 1.92. The SMILES string of the molecule is COC1CCN(S(=O)(=O)c2ccccc2O)C1. The number of ether oxygens (including phenoxy) is 1. The van der Waals surface area contributed by atoms with Crippen LogP contribution in [0.1, 0.15) is 6.42 Å². The van der Waals surface area contributed by atoms with Crippen LogP contribution in [0.4, 0.5) is 0 Å². The molecule has 1 atom stereocenters. The van der Waals surface area contributed by atoms with Gasteiger partial charge in [-0.2, -0.15) is 4.31 Å². The van der Waals surface area contributed by atoms with Gasteiger partial charge in [0.05, 0.1) is 6.10 Å². The van der Waals surface area contributed by atoms with Crippen LogP contribution in [0.3, 0.4) is 0 Å². The molecule has 2 rings (SSSR count). The third kappa shape index (κ3) is 2.29.